The van der Waals surface area contributed by atoms with Gasteiger partial charge in [-0.15, -0.1) is 0 Å². The lowest BCUT2D eigenvalue weighted by atomic mass is 9.90. The van der Waals surface area contributed by atoms with Crippen LogP contribution in [0.1, 0.15) is 43.5 Å². The summed E-state index contributed by atoms with van der Waals surface area (Å²) >= 11 is 0. The van der Waals surface area contributed by atoms with Gasteiger partial charge in [0.2, 0.25) is 0 Å². The first-order valence-electron chi connectivity index (χ1n) is 10.4. The zero-order valence-corrected chi connectivity index (χ0v) is 18.9. The van der Waals surface area contributed by atoms with E-state index in [0.717, 1.165) is 11.1 Å². The van der Waals surface area contributed by atoms with Crippen LogP contribution in [0.3, 0.4) is 0 Å². The van der Waals surface area contributed by atoms with Crippen LogP contribution in [0.25, 0.3) is 0 Å². The first kappa shape index (κ1) is 22.4. The number of benzene rings is 2. The predicted octanol–water partition coefficient (Wildman–Crippen LogP) is 4.84. The second-order valence-corrected chi connectivity index (χ2v) is 7.92. The highest BCUT2D eigenvalue weighted by atomic mass is 16.5. The maximum absolute atomic E-state index is 13.2. The third-order valence-electron chi connectivity index (χ3n) is 5.64. The third-order valence-corrected chi connectivity index (χ3v) is 5.64. The largest absolute Gasteiger partial charge is 0.503 e. The fraction of sp³-hybridized carbons (Fsp3) is 0.360. The van der Waals surface area contributed by atoms with Gasteiger partial charge >= 0.3 is 0 Å². The number of Topliss-reactive ketones (excluding diaryl/α,β-unsaturated/α-hetero) is 1. The van der Waals surface area contributed by atoms with Crippen LogP contribution in [0.2, 0.25) is 0 Å². The van der Waals surface area contributed by atoms with Crippen LogP contribution >= 0.6 is 0 Å². The van der Waals surface area contributed by atoms with E-state index in [9.17, 15) is 14.7 Å². The van der Waals surface area contributed by atoms with Crippen LogP contribution < -0.4 is 14.4 Å². The molecule has 1 aliphatic rings. The van der Waals surface area contributed by atoms with Crippen LogP contribution in [0.15, 0.2) is 47.7 Å². The summed E-state index contributed by atoms with van der Waals surface area (Å²) < 4.78 is 11.1. The number of aryl methyl sites for hydroxylation is 1. The topological polar surface area (TPSA) is 76.1 Å². The highest BCUT2D eigenvalue weighted by molar-refractivity contribution is 6.17. The number of hydrogen-bond donors (Lipinski definition) is 1. The Morgan fingerprint density at radius 3 is 2.48 bits per heavy atom. The van der Waals surface area contributed by atoms with Crippen molar-refractivity contribution in [3.63, 3.8) is 0 Å². The molecule has 2 aromatic carbocycles. The summed E-state index contributed by atoms with van der Waals surface area (Å²) in [6.45, 7) is 9.70. The minimum absolute atomic E-state index is 0.105. The smallest absolute Gasteiger partial charge is 0.294 e. The van der Waals surface area contributed by atoms with Crippen molar-refractivity contribution in [2.24, 2.45) is 5.92 Å². The van der Waals surface area contributed by atoms with Crippen LogP contribution in [-0.4, -0.2) is 30.5 Å². The molecule has 1 N–H and O–H groups in total. The lowest BCUT2D eigenvalue weighted by Crippen LogP contribution is -2.32. The van der Waals surface area contributed by atoms with Crippen molar-refractivity contribution in [2.75, 3.05) is 18.6 Å². The molecule has 1 aliphatic heterocycles. The second-order valence-electron chi connectivity index (χ2n) is 7.92. The SMILES string of the molecule is CCOc1cc(C2C(C(=O)C(C)C)=C(O)C(=O)N2c2cccc(C)c2C)ccc1OC. The Morgan fingerprint density at radius 1 is 1.16 bits per heavy atom. The Bertz CT molecular complexity index is 1050. The van der Waals surface area contributed by atoms with Crippen LogP contribution in [0.5, 0.6) is 11.5 Å². The minimum atomic E-state index is -0.770. The molecule has 1 amide bonds. The predicted molar refractivity (Wildman–Crippen MR) is 120 cm³/mol. The lowest BCUT2D eigenvalue weighted by molar-refractivity contribution is -0.119. The maximum atomic E-state index is 13.2. The van der Waals surface area contributed by atoms with Gasteiger partial charge in [0.05, 0.1) is 25.3 Å². The van der Waals surface area contributed by atoms with Crippen molar-refractivity contribution in [1.29, 1.82) is 0 Å². The molecule has 1 atom stereocenters. The van der Waals surface area contributed by atoms with Crippen molar-refractivity contribution >= 4 is 17.4 Å². The molecule has 0 saturated heterocycles. The molecular weight excluding hydrogens is 394 g/mol. The number of carbonyl (C=O) groups excluding carboxylic acids is 2. The molecule has 0 radical (unpaired) electrons. The number of amides is 1. The summed E-state index contributed by atoms with van der Waals surface area (Å²) in [7, 11) is 1.55. The molecule has 0 spiro atoms. The summed E-state index contributed by atoms with van der Waals surface area (Å²) in [4.78, 5) is 27.8. The fourth-order valence-corrected chi connectivity index (χ4v) is 3.86. The molecule has 3 rings (SSSR count). The maximum Gasteiger partial charge on any atom is 0.294 e. The van der Waals surface area contributed by atoms with E-state index < -0.39 is 17.7 Å². The summed E-state index contributed by atoms with van der Waals surface area (Å²) in [5.74, 6) is -0.667. The highest BCUT2D eigenvalue weighted by Crippen LogP contribution is 2.44. The highest BCUT2D eigenvalue weighted by Gasteiger charge is 2.45. The van der Waals surface area contributed by atoms with Gasteiger partial charge < -0.3 is 14.6 Å². The first-order valence-corrected chi connectivity index (χ1v) is 10.4. The van der Waals surface area contributed by atoms with Gasteiger partial charge in [0.15, 0.2) is 23.0 Å². The molecule has 1 unspecified atom stereocenters. The normalized spacial score (nSPS) is 16.3. The average molecular weight is 424 g/mol. The Kier molecular flexibility index (Phi) is 6.39. The van der Waals surface area contributed by atoms with Gasteiger partial charge in [-0.3, -0.25) is 14.5 Å². The van der Waals surface area contributed by atoms with Gasteiger partial charge in [-0.1, -0.05) is 32.0 Å². The number of rotatable bonds is 7. The van der Waals surface area contributed by atoms with Crippen molar-refractivity contribution < 1.29 is 24.2 Å². The van der Waals surface area contributed by atoms with E-state index in [4.69, 9.17) is 9.47 Å². The van der Waals surface area contributed by atoms with Crippen molar-refractivity contribution in [1.82, 2.24) is 0 Å². The molecule has 6 nitrogen and oxygen atoms in total. The zero-order chi connectivity index (χ0) is 22.9. The number of aliphatic hydroxyl groups excluding tert-OH is 1. The molecule has 6 heteroatoms. The van der Waals surface area contributed by atoms with Crippen molar-refractivity contribution in [3.05, 3.63) is 64.4 Å². The molecule has 0 bridgehead atoms. The number of hydrogen-bond acceptors (Lipinski definition) is 5. The van der Waals surface area contributed by atoms with Crippen molar-refractivity contribution in [2.45, 2.75) is 40.7 Å². The number of ketones is 1. The monoisotopic (exact) mass is 423 g/mol. The molecule has 1 heterocycles. The van der Waals surface area contributed by atoms with Gasteiger partial charge in [-0.25, -0.2) is 0 Å². The number of anilines is 1. The Hall–Kier alpha value is -3.28. The molecule has 0 saturated carbocycles. The van der Waals surface area contributed by atoms with Gasteiger partial charge in [0.25, 0.3) is 5.91 Å². The summed E-state index contributed by atoms with van der Waals surface area (Å²) in [5, 5.41) is 10.8. The van der Waals surface area contributed by atoms with E-state index in [2.05, 4.69) is 0 Å². The van der Waals surface area contributed by atoms with Crippen LogP contribution in [0.4, 0.5) is 5.69 Å². The van der Waals surface area contributed by atoms with Crippen LogP contribution in [-0.2, 0) is 9.59 Å². The fourth-order valence-electron chi connectivity index (χ4n) is 3.86. The zero-order valence-electron chi connectivity index (χ0n) is 18.9. The van der Waals surface area contributed by atoms with Gasteiger partial charge in [0, 0.05) is 11.6 Å². The Balaban J connectivity index is 2.26. The number of methoxy groups -OCH3 is 1. The number of ether oxygens (including phenoxy) is 2. The summed E-state index contributed by atoms with van der Waals surface area (Å²) in [6.07, 6.45) is 0. The lowest BCUT2D eigenvalue weighted by Gasteiger charge is -2.29. The molecule has 2 aromatic rings. The molecular formula is C25H29NO5. The van der Waals surface area contributed by atoms with Gasteiger partial charge in [-0.2, -0.15) is 0 Å². The van der Waals surface area contributed by atoms with E-state index >= 15 is 0 Å². The third kappa shape index (κ3) is 3.90. The molecule has 164 valence electrons. The second kappa shape index (κ2) is 8.84. The number of carbonyl (C=O) groups is 2. The molecule has 31 heavy (non-hydrogen) atoms. The standard InChI is InChI=1S/C25H29NO5/c1-7-31-20-13-17(11-12-19(20)30-6)22-21(23(27)14(2)3)24(28)25(29)26(22)18-10-8-9-15(4)16(18)5/h8-14,22,28H,7H2,1-6H3. The molecule has 0 aliphatic carbocycles. The number of nitrogens with zero attached hydrogens (tertiary/aromatic N) is 1. The minimum Gasteiger partial charge on any atom is -0.503 e. The van der Waals surface area contributed by atoms with E-state index in [1.165, 1.54) is 4.90 Å². The summed E-state index contributed by atoms with van der Waals surface area (Å²) in [6, 6.07) is 10.2. The van der Waals surface area contributed by atoms with E-state index in [-0.39, 0.29) is 17.3 Å². The Labute approximate surface area is 183 Å². The quantitative estimate of drug-likeness (QED) is 0.690. The first-order chi connectivity index (χ1) is 14.7. The molecule has 0 fully saturated rings. The van der Waals surface area contributed by atoms with Crippen molar-refractivity contribution in [3.8, 4) is 11.5 Å². The Morgan fingerprint density at radius 2 is 1.87 bits per heavy atom. The van der Waals surface area contributed by atoms with Gasteiger partial charge in [0.1, 0.15) is 0 Å². The van der Waals surface area contributed by atoms with E-state index in [0.29, 0.717) is 29.4 Å². The number of aliphatic hydroxyl groups is 1. The average Bonchev–Trinajstić information content (AvgIpc) is 3.00. The van der Waals surface area contributed by atoms with E-state index in [1.54, 1.807) is 39.2 Å². The molecule has 0 aromatic heterocycles. The van der Waals surface area contributed by atoms with Crippen LogP contribution in [0, 0.1) is 19.8 Å². The summed E-state index contributed by atoms with van der Waals surface area (Å²) in [5.41, 5.74) is 3.34. The van der Waals surface area contributed by atoms with E-state index in [1.807, 2.05) is 39.0 Å². The van der Waals surface area contributed by atoms with Gasteiger partial charge in [-0.05, 0) is 55.7 Å².